The Bertz CT molecular complexity index is 199. The Labute approximate surface area is 70.8 Å². The zero-order valence-electron chi connectivity index (χ0n) is 7.20. The highest BCUT2D eigenvalue weighted by molar-refractivity contribution is 5.72. The summed E-state index contributed by atoms with van der Waals surface area (Å²) in [6.45, 7) is 3.43. The van der Waals surface area contributed by atoms with Crippen LogP contribution in [0.15, 0.2) is 0 Å². The van der Waals surface area contributed by atoms with Gasteiger partial charge in [-0.2, -0.15) is 0 Å². The molecule has 2 atom stereocenters. The lowest BCUT2D eigenvalue weighted by atomic mass is 10.0. The number of ether oxygens (including phenoxy) is 2. The highest BCUT2D eigenvalue weighted by Gasteiger charge is 2.31. The van der Waals surface area contributed by atoms with Crippen LogP contribution in [-0.4, -0.2) is 24.6 Å². The summed E-state index contributed by atoms with van der Waals surface area (Å²) in [5, 5.41) is 0. The van der Waals surface area contributed by atoms with Gasteiger partial charge in [0.1, 0.15) is 6.10 Å². The first kappa shape index (κ1) is 9.03. The molecule has 0 aliphatic carbocycles. The summed E-state index contributed by atoms with van der Waals surface area (Å²) in [5.74, 6) is -0.498. The average Bonchev–Trinajstić information content (AvgIpc) is 2.26. The smallest absolute Gasteiger partial charge is 0.306 e. The molecular weight excluding hydrogens is 160 g/mol. The van der Waals surface area contributed by atoms with Crippen molar-refractivity contribution in [3.8, 4) is 0 Å². The van der Waals surface area contributed by atoms with Crippen LogP contribution in [-0.2, 0) is 19.1 Å². The Hall–Kier alpha value is -1.06. The molecule has 1 heterocycles. The Morgan fingerprint density at radius 1 is 1.75 bits per heavy atom. The van der Waals surface area contributed by atoms with Gasteiger partial charge in [-0.05, 0) is 6.92 Å². The van der Waals surface area contributed by atoms with E-state index in [-0.39, 0.29) is 30.6 Å². The molecule has 1 rings (SSSR count). The van der Waals surface area contributed by atoms with Crippen molar-refractivity contribution in [1.82, 2.24) is 0 Å². The van der Waals surface area contributed by atoms with Gasteiger partial charge in [0.2, 0.25) is 0 Å². The van der Waals surface area contributed by atoms with Crippen LogP contribution >= 0.6 is 0 Å². The average molecular weight is 172 g/mol. The molecule has 0 aromatic rings. The quantitative estimate of drug-likeness (QED) is 0.569. The third-order valence-electron chi connectivity index (χ3n) is 1.91. The maximum absolute atomic E-state index is 10.7. The van der Waals surface area contributed by atoms with E-state index in [1.165, 1.54) is 6.92 Å². The third-order valence-corrected chi connectivity index (χ3v) is 1.91. The second kappa shape index (κ2) is 3.56. The third kappa shape index (κ3) is 2.22. The first-order valence-corrected chi connectivity index (χ1v) is 3.92. The minimum absolute atomic E-state index is 0.0291. The van der Waals surface area contributed by atoms with Crippen molar-refractivity contribution < 1.29 is 19.1 Å². The molecule has 0 bridgehead atoms. The monoisotopic (exact) mass is 172 g/mol. The molecular formula is C8H12O4. The van der Waals surface area contributed by atoms with Crippen LogP contribution in [0.25, 0.3) is 0 Å². The van der Waals surface area contributed by atoms with E-state index in [9.17, 15) is 9.59 Å². The highest BCUT2D eigenvalue weighted by Crippen LogP contribution is 2.21. The van der Waals surface area contributed by atoms with Gasteiger partial charge < -0.3 is 9.47 Å². The van der Waals surface area contributed by atoms with E-state index in [2.05, 4.69) is 0 Å². The second-order valence-electron chi connectivity index (χ2n) is 2.96. The largest absolute Gasteiger partial charge is 0.465 e. The number of esters is 2. The molecule has 0 aromatic carbocycles. The van der Waals surface area contributed by atoms with Crippen molar-refractivity contribution in [3.05, 3.63) is 0 Å². The van der Waals surface area contributed by atoms with E-state index in [1.807, 2.05) is 0 Å². The van der Waals surface area contributed by atoms with Crippen LogP contribution in [0.5, 0.6) is 0 Å². The van der Waals surface area contributed by atoms with Crippen molar-refractivity contribution in [1.29, 1.82) is 0 Å². The zero-order valence-corrected chi connectivity index (χ0v) is 7.20. The first-order valence-electron chi connectivity index (χ1n) is 3.92. The van der Waals surface area contributed by atoms with Crippen LogP contribution in [0.3, 0.4) is 0 Å². The van der Waals surface area contributed by atoms with Crippen LogP contribution in [0, 0.1) is 5.92 Å². The van der Waals surface area contributed by atoms with E-state index in [4.69, 9.17) is 9.47 Å². The van der Waals surface area contributed by atoms with Gasteiger partial charge in [-0.25, -0.2) is 0 Å². The highest BCUT2D eigenvalue weighted by atomic mass is 16.6. The summed E-state index contributed by atoms with van der Waals surface area (Å²) in [6, 6.07) is 0. The lowest BCUT2D eigenvalue weighted by molar-refractivity contribution is -0.142. The van der Waals surface area contributed by atoms with Gasteiger partial charge in [0.05, 0.1) is 13.0 Å². The molecule has 68 valence electrons. The molecule has 1 aliphatic rings. The van der Waals surface area contributed by atoms with E-state index in [1.54, 1.807) is 6.92 Å². The van der Waals surface area contributed by atoms with Crippen molar-refractivity contribution in [3.63, 3.8) is 0 Å². The minimum Gasteiger partial charge on any atom is -0.465 e. The van der Waals surface area contributed by atoms with E-state index < -0.39 is 0 Å². The number of hydrogen-bond donors (Lipinski definition) is 0. The Balaban J connectivity index is 2.33. The number of cyclic esters (lactones) is 1. The molecule has 4 nitrogen and oxygen atoms in total. The molecule has 1 aliphatic heterocycles. The van der Waals surface area contributed by atoms with Crippen LogP contribution in [0.1, 0.15) is 20.3 Å². The summed E-state index contributed by atoms with van der Waals surface area (Å²) in [6.07, 6.45) is 0.228. The lowest BCUT2D eigenvalue weighted by Gasteiger charge is -2.11. The van der Waals surface area contributed by atoms with Crippen molar-refractivity contribution >= 4 is 11.9 Å². The molecule has 0 radical (unpaired) electrons. The number of carbonyl (C=O) groups is 2. The Morgan fingerprint density at radius 2 is 2.42 bits per heavy atom. The van der Waals surface area contributed by atoms with Crippen molar-refractivity contribution in [2.24, 2.45) is 5.92 Å². The molecule has 0 saturated carbocycles. The SMILES string of the molecule is CC(=O)OC[C@@H]1CC(=O)O[C@H]1C. The van der Waals surface area contributed by atoms with Crippen molar-refractivity contribution in [2.75, 3.05) is 6.61 Å². The normalized spacial score (nSPS) is 28.3. The molecule has 4 heteroatoms. The topological polar surface area (TPSA) is 52.6 Å². The van der Waals surface area contributed by atoms with Gasteiger partial charge in [0, 0.05) is 12.8 Å². The molecule has 0 N–H and O–H groups in total. The lowest BCUT2D eigenvalue weighted by Crippen LogP contribution is -2.18. The molecule has 0 amide bonds. The van der Waals surface area contributed by atoms with Crippen LogP contribution in [0.2, 0.25) is 0 Å². The fourth-order valence-electron chi connectivity index (χ4n) is 1.15. The summed E-state index contributed by atoms with van der Waals surface area (Å²) in [7, 11) is 0. The van der Waals surface area contributed by atoms with Gasteiger partial charge >= 0.3 is 11.9 Å². The minimum atomic E-state index is -0.318. The maximum Gasteiger partial charge on any atom is 0.306 e. The van der Waals surface area contributed by atoms with Gasteiger partial charge in [-0.15, -0.1) is 0 Å². The van der Waals surface area contributed by atoms with E-state index in [0.717, 1.165) is 0 Å². The predicted molar refractivity (Wildman–Crippen MR) is 40.3 cm³/mol. The summed E-state index contributed by atoms with van der Waals surface area (Å²) >= 11 is 0. The molecule has 0 spiro atoms. The van der Waals surface area contributed by atoms with Gasteiger partial charge in [0.25, 0.3) is 0 Å². The van der Waals surface area contributed by atoms with E-state index >= 15 is 0 Å². The maximum atomic E-state index is 10.7. The summed E-state index contributed by atoms with van der Waals surface area (Å²) in [5.41, 5.74) is 0. The number of rotatable bonds is 2. The molecule has 0 aromatic heterocycles. The summed E-state index contributed by atoms with van der Waals surface area (Å²) in [4.78, 5) is 21.2. The fraction of sp³-hybridized carbons (Fsp3) is 0.750. The van der Waals surface area contributed by atoms with Crippen molar-refractivity contribution in [2.45, 2.75) is 26.4 Å². The first-order chi connectivity index (χ1) is 5.59. The van der Waals surface area contributed by atoms with Gasteiger partial charge in [-0.1, -0.05) is 0 Å². The number of carbonyl (C=O) groups excluding carboxylic acids is 2. The second-order valence-corrected chi connectivity index (χ2v) is 2.96. The Kier molecular flexibility index (Phi) is 2.68. The van der Waals surface area contributed by atoms with Crippen LogP contribution in [0.4, 0.5) is 0 Å². The zero-order chi connectivity index (χ0) is 9.14. The molecule has 1 saturated heterocycles. The fourth-order valence-corrected chi connectivity index (χ4v) is 1.15. The predicted octanol–water partition coefficient (Wildman–Crippen LogP) is 0.501. The Morgan fingerprint density at radius 3 is 2.83 bits per heavy atom. The molecule has 1 fully saturated rings. The van der Waals surface area contributed by atoms with E-state index in [0.29, 0.717) is 6.42 Å². The molecule has 12 heavy (non-hydrogen) atoms. The summed E-state index contributed by atoms with van der Waals surface area (Å²) < 4.78 is 9.65. The van der Waals surface area contributed by atoms with Crippen LogP contribution < -0.4 is 0 Å². The standard InChI is InChI=1S/C8H12O4/c1-5-7(3-8(10)12-5)4-11-6(2)9/h5,7H,3-4H2,1-2H3/t5-,7-/m0/s1. The van der Waals surface area contributed by atoms with Gasteiger partial charge in [-0.3, -0.25) is 9.59 Å². The number of hydrogen-bond acceptors (Lipinski definition) is 4. The molecule has 0 unspecified atom stereocenters. The van der Waals surface area contributed by atoms with Gasteiger partial charge in [0.15, 0.2) is 0 Å².